The number of carbonyl (C=O) groups is 5. The molecule has 12 heteroatoms. The normalized spacial score (nSPS) is 14.4. The van der Waals surface area contributed by atoms with Crippen LogP contribution >= 0.6 is 0 Å². The lowest BCUT2D eigenvalue weighted by molar-refractivity contribution is -0.142. The summed E-state index contributed by atoms with van der Waals surface area (Å²) in [5.41, 5.74) is 6.05. The third-order valence-corrected chi connectivity index (χ3v) is 4.81. The average Bonchev–Trinajstić information content (AvgIpc) is 2.73. The van der Waals surface area contributed by atoms with Gasteiger partial charge in [0.2, 0.25) is 17.7 Å². The van der Waals surface area contributed by atoms with Crippen LogP contribution in [0.2, 0.25) is 0 Å². The van der Waals surface area contributed by atoms with Crippen LogP contribution in [0.15, 0.2) is 24.3 Å². The van der Waals surface area contributed by atoms with Gasteiger partial charge in [-0.1, -0.05) is 26.0 Å². The van der Waals surface area contributed by atoms with Crippen molar-refractivity contribution in [3.63, 3.8) is 0 Å². The van der Waals surface area contributed by atoms with Gasteiger partial charge in [-0.15, -0.1) is 0 Å². The van der Waals surface area contributed by atoms with Crippen LogP contribution in [0.5, 0.6) is 5.75 Å². The molecule has 8 N–H and O–H groups in total. The number of rotatable bonds is 13. The second-order valence-corrected chi connectivity index (χ2v) is 8.40. The standard InChI is InChI=1S/C22H32N4O8/c1-11(2)8-16(25-19(30)12(3)24-20(31)15(23)10-18(28)29)21(32)26-17(22(33)34)9-13-4-6-14(27)7-5-13/h4-7,11-12,15-17,27H,8-10,23H2,1-3H3,(H,24,31)(H,25,30)(H,26,32)(H,28,29)(H,33,34). The summed E-state index contributed by atoms with van der Waals surface area (Å²) in [5.74, 6) is -4.83. The Morgan fingerprint density at radius 1 is 0.853 bits per heavy atom. The van der Waals surface area contributed by atoms with Crippen molar-refractivity contribution in [3.05, 3.63) is 29.8 Å². The highest BCUT2D eigenvalue weighted by molar-refractivity contribution is 5.94. The maximum atomic E-state index is 12.8. The maximum absolute atomic E-state index is 12.8. The van der Waals surface area contributed by atoms with E-state index in [-0.39, 0.29) is 24.5 Å². The van der Waals surface area contributed by atoms with Crippen LogP contribution in [-0.4, -0.2) is 69.1 Å². The number of benzene rings is 1. The quantitative estimate of drug-likeness (QED) is 0.191. The van der Waals surface area contributed by atoms with Gasteiger partial charge < -0.3 is 37.0 Å². The van der Waals surface area contributed by atoms with E-state index in [4.69, 9.17) is 10.8 Å². The molecule has 34 heavy (non-hydrogen) atoms. The van der Waals surface area contributed by atoms with Crippen LogP contribution in [0.1, 0.15) is 39.2 Å². The monoisotopic (exact) mass is 480 g/mol. The number of nitrogens with one attached hydrogen (secondary N) is 3. The van der Waals surface area contributed by atoms with Crippen molar-refractivity contribution in [2.45, 2.75) is 64.2 Å². The van der Waals surface area contributed by atoms with Crippen LogP contribution in [-0.2, 0) is 30.4 Å². The lowest BCUT2D eigenvalue weighted by Gasteiger charge is -2.25. The minimum atomic E-state index is -1.35. The summed E-state index contributed by atoms with van der Waals surface area (Å²) in [6, 6.07) is 1.03. The number of nitrogens with two attached hydrogens (primary N) is 1. The summed E-state index contributed by atoms with van der Waals surface area (Å²) < 4.78 is 0. The van der Waals surface area contributed by atoms with E-state index in [9.17, 15) is 34.2 Å². The van der Waals surface area contributed by atoms with Crippen molar-refractivity contribution >= 4 is 29.7 Å². The van der Waals surface area contributed by atoms with E-state index in [0.29, 0.717) is 5.56 Å². The molecule has 0 fully saturated rings. The fourth-order valence-electron chi connectivity index (χ4n) is 3.01. The van der Waals surface area contributed by atoms with Crippen molar-refractivity contribution < 1.29 is 39.3 Å². The Labute approximate surface area is 196 Å². The largest absolute Gasteiger partial charge is 0.508 e. The highest BCUT2D eigenvalue weighted by Gasteiger charge is 2.29. The number of carboxylic acid groups (broad SMARTS) is 2. The SMILES string of the molecule is CC(C)CC(NC(=O)C(C)NC(=O)C(N)CC(=O)O)C(=O)NC(Cc1ccc(O)cc1)C(=O)O. The number of aliphatic carboxylic acids is 2. The van der Waals surface area contributed by atoms with Crippen molar-refractivity contribution in [1.29, 1.82) is 0 Å². The first kappa shape index (κ1) is 28.4. The molecule has 0 aliphatic rings. The van der Waals surface area contributed by atoms with E-state index in [0.717, 1.165) is 0 Å². The zero-order chi connectivity index (χ0) is 26.0. The molecule has 0 radical (unpaired) electrons. The van der Waals surface area contributed by atoms with Gasteiger partial charge in [0.25, 0.3) is 0 Å². The molecule has 1 aromatic rings. The number of phenols is 1. The van der Waals surface area contributed by atoms with Crippen molar-refractivity contribution in [2.75, 3.05) is 0 Å². The Bertz CT molecular complexity index is 887. The minimum Gasteiger partial charge on any atom is -0.508 e. The Hall–Kier alpha value is -3.67. The summed E-state index contributed by atoms with van der Waals surface area (Å²) >= 11 is 0. The molecule has 0 heterocycles. The minimum absolute atomic E-state index is 0.0181. The number of hydrogen-bond donors (Lipinski definition) is 7. The maximum Gasteiger partial charge on any atom is 0.326 e. The predicted molar refractivity (Wildman–Crippen MR) is 121 cm³/mol. The first-order valence-corrected chi connectivity index (χ1v) is 10.7. The first-order chi connectivity index (χ1) is 15.8. The number of hydrogen-bond acceptors (Lipinski definition) is 7. The summed E-state index contributed by atoms with van der Waals surface area (Å²) in [6.07, 6.45) is -0.462. The highest BCUT2D eigenvalue weighted by Crippen LogP contribution is 2.12. The Balaban J connectivity index is 2.85. The Morgan fingerprint density at radius 3 is 1.91 bits per heavy atom. The molecular formula is C22H32N4O8. The summed E-state index contributed by atoms with van der Waals surface area (Å²) in [4.78, 5) is 59.7. The molecule has 0 bridgehead atoms. The molecule has 3 amide bonds. The van der Waals surface area contributed by atoms with Crippen LogP contribution < -0.4 is 21.7 Å². The van der Waals surface area contributed by atoms with Crippen LogP contribution in [0.4, 0.5) is 0 Å². The number of carboxylic acids is 2. The molecular weight excluding hydrogens is 448 g/mol. The Morgan fingerprint density at radius 2 is 1.41 bits per heavy atom. The molecule has 0 aliphatic carbocycles. The topological polar surface area (TPSA) is 208 Å². The lowest BCUT2D eigenvalue weighted by Crippen LogP contribution is -2.57. The smallest absolute Gasteiger partial charge is 0.326 e. The molecule has 0 saturated heterocycles. The van der Waals surface area contributed by atoms with E-state index in [1.54, 1.807) is 0 Å². The van der Waals surface area contributed by atoms with Crippen molar-refractivity contribution in [3.8, 4) is 5.75 Å². The molecule has 0 aliphatic heterocycles. The molecule has 12 nitrogen and oxygen atoms in total. The molecule has 188 valence electrons. The van der Waals surface area contributed by atoms with Gasteiger partial charge in [-0.2, -0.15) is 0 Å². The molecule has 0 aromatic heterocycles. The average molecular weight is 481 g/mol. The van der Waals surface area contributed by atoms with Gasteiger partial charge in [-0.3, -0.25) is 19.2 Å². The zero-order valence-electron chi connectivity index (χ0n) is 19.3. The van der Waals surface area contributed by atoms with Gasteiger partial charge in [0.15, 0.2) is 0 Å². The van der Waals surface area contributed by atoms with E-state index in [1.807, 2.05) is 13.8 Å². The van der Waals surface area contributed by atoms with Crippen molar-refractivity contribution in [1.82, 2.24) is 16.0 Å². The molecule has 1 aromatic carbocycles. The van der Waals surface area contributed by atoms with Gasteiger partial charge >= 0.3 is 11.9 Å². The van der Waals surface area contributed by atoms with E-state index < -0.39 is 60.2 Å². The number of aromatic hydroxyl groups is 1. The van der Waals surface area contributed by atoms with Gasteiger partial charge in [0.05, 0.1) is 12.5 Å². The highest BCUT2D eigenvalue weighted by atomic mass is 16.4. The second-order valence-electron chi connectivity index (χ2n) is 8.40. The van der Waals surface area contributed by atoms with E-state index in [2.05, 4.69) is 16.0 Å². The van der Waals surface area contributed by atoms with Gasteiger partial charge in [0.1, 0.15) is 23.9 Å². The molecule has 4 atom stereocenters. The number of amides is 3. The molecule has 0 spiro atoms. The molecule has 0 saturated carbocycles. The third kappa shape index (κ3) is 9.86. The van der Waals surface area contributed by atoms with Gasteiger partial charge in [0, 0.05) is 6.42 Å². The summed E-state index contributed by atoms with van der Waals surface area (Å²) in [6.45, 7) is 4.97. The molecule has 4 unspecified atom stereocenters. The fourth-order valence-corrected chi connectivity index (χ4v) is 3.01. The summed E-state index contributed by atoms with van der Waals surface area (Å²) in [5, 5.41) is 34.8. The lowest BCUT2D eigenvalue weighted by atomic mass is 10.0. The van der Waals surface area contributed by atoms with Crippen molar-refractivity contribution in [2.24, 2.45) is 11.7 Å². The van der Waals surface area contributed by atoms with Crippen LogP contribution in [0, 0.1) is 5.92 Å². The molecule has 1 rings (SSSR count). The van der Waals surface area contributed by atoms with Crippen LogP contribution in [0.3, 0.4) is 0 Å². The van der Waals surface area contributed by atoms with Crippen LogP contribution in [0.25, 0.3) is 0 Å². The van der Waals surface area contributed by atoms with E-state index >= 15 is 0 Å². The third-order valence-electron chi connectivity index (χ3n) is 4.81. The first-order valence-electron chi connectivity index (χ1n) is 10.7. The van der Waals surface area contributed by atoms with Gasteiger partial charge in [-0.05, 0) is 37.0 Å². The van der Waals surface area contributed by atoms with E-state index in [1.165, 1.54) is 31.2 Å². The zero-order valence-corrected chi connectivity index (χ0v) is 19.3. The number of carbonyl (C=O) groups excluding carboxylic acids is 3. The summed E-state index contributed by atoms with van der Waals surface area (Å²) in [7, 11) is 0. The van der Waals surface area contributed by atoms with Gasteiger partial charge in [-0.25, -0.2) is 4.79 Å². The second kappa shape index (κ2) is 13.1. The predicted octanol–water partition coefficient (Wildman–Crippen LogP) is -0.658. The Kier molecular flexibility index (Phi) is 11.0. The number of phenolic OH excluding ortho intramolecular Hbond substituents is 1. The fraction of sp³-hybridized carbons (Fsp3) is 0.500.